The van der Waals surface area contributed by atoms with Crippen LogP contribution in [0.5, 0.6) is 0 Å². The van der Waals surface area contributed by atoms with Gasteiger partial charge in [0, 0.05) is 12.8 Å². The number of aromatic nitrogens is 1. The lowest BCUT2D eigenvalue weighted by Gasteiger charge is -2.22. The Labute approximate surface area is 104 Å². The summed E-state index contributed by atoms with van der Waals surface area (Å²) in [5, 5.41) is 0. The van der Waals surface area contributed by atoms with E-state index in [1.807, 2.05) is 12.3 Å². The largest absolute Gasteiger partial charge is 0.353 e. The van der Waals surface area contributed by atoms with E-state index >= 15 is 0 Å². The third kappa shape index (κ3) is 3.85. The van der Waals surface area contributed by atoms with Crippen LogP contribution in [0.15, 0.2) is 22.9 Å². The summed E-state index contributed by atoms with van der Waals surface area (Å²) in [6, 6.07) is 4.01. The van der Waals surface area contributed by atoms with E-state index in [0.29, 0.717) is 6.61 Å². The predicted octanol–water partition coefficient (Wildman–Crippen LogP) is 2.93. The van der Waals surface area contributed by atoms with Gasteiger partial charge in [-0.05, 0) is 53.2 Å². The Kier molecular flexibility index (Phi) is 4.75. The highest BCUT2D eigenvalue weighted by atomic mass is 79.9. The maximum atomic E-state index is 5.66. The summed E-state index contributed by atoms with van der Waals surface area (Å²) in [5.41, 5.74) is 1.19. The number of pyridine rings is 1. The Bertz CT molecular complexity index is 309. The molecule has 0 aliphatic carbocycles. The summed E-state index contributed by atoms with van der Waals surface area (Å²) < 4.78 is 12.0. The molecule has 0 spiro atoms. The molecular weight excluding hydrogens is 270 g/mol. The molecule has 0 radical (unpaired) electrons. The zero-order chi connectivity index (χ0) is 11.2. The maximum Gasteiger partial charge on any atom is 0.157 e. The van der Waals surface area contributed by atoms with Crippen molar-refractivity contribution in [3.63, 3.8) is 0 Å². The molecule has 2 heterocycles. The van der Waals surface area contributed by atoms with Crippen LogP contribution in [0.4, 0.5) is 0 Å². The van der Waals surface area contributed by atoms with Crippen LogP contribution < -0.4 is 0 Å². The lowest BCUT2D eigenvalue weighted by molar-refractivity contribution is -0.161. The van der Waals surface area contributed by atoms with Crippen LogP contribution in [-0.2, 0) is 15.9 Å². The number of hydrogen-bond acceptors (Lipinski definition) is 3. The monoisotopic (exact) mass is 285 g/mol. The highest BCUT2D eigenvalue weighted by Gasteiger charge is 2.13. The standard InChI is InChI=1S/C12H16BrNO2/c13-11-5-4-10(9-14-11)6-8-16-12-3-1-2-7-15-12/h4-5,9,12H,1-3,6-8H2. The van der Waals surface area contributed by atoms with E-state index in [4.69, 9.17) is 9.47 Å². The number of ether oxygens (including phenoxy) is 2. The Balaban J connectivity index is 1.69. The van der Waals surface area contributed by atoms with Crippen molar-refractivity contribution < 1.29 is 9.47 Å². The molecule has 0 saturated carbocycles. The van der Waals surface area contributed by atoms with Crippen LogP contribution in [0.25, 0.3) is 0 Å². The minimum atomic E-state index is 0.0113. The molecule has 1 unspecified atom stereocenters. The number of hydrogen-bond donors (Lipinski definition) is 0. The number of nitrogens with zero attached hydrogens (tertiary/aromatic N) is 1. The molecule has 1 atom stereocenters. The fourth-order valence-electron chi connectivity index (χ4n) is 1.71. The van der Waals surface area contributed by atoms with Crippen molar-refractivity contribution in [3.05, 3.63) is 28.5 Å². The summed E-state index contributed by atoms with van der Waals surface area (Å²) in [7, 11) is 0. The number of rotatable bonds is 4. The normalized spacial score (nSPS) is 20.9. The Morgan fingerprint density at radius 1 is 1.44 bits per heavy atom. The maximum absolute atomic E-state index is 5.66. The van der Waals surface area contributed by atoms with Gasteiger partial charge in [-0.1, -0.05) is 6.07 Å². The van der Waals surface area contributed by atoms with Gasteiger partial charge in [0.1, 0.15) is 4.60 Å². The first-order chi connectivity index (χ1) is 7.84. The summed E-state index contributed by atoms with van der Waals surface area (Å²) in [6.07, 6.45) is 6.17. The molecule has 1 aliphatic rings. The Morgan fingerprint density at radius 3 is 3.06 bits per heavy atom. The van der Waals surface area contributed by atoms with E-state index in [2.05, 4.69) is 27.0 Å². The van der Waals surface area contributed by atoms with Crippen molar-refractivity contribution in [2.45, 2.75) is 32.0 Å². The Hall–Kier alpha value is -0.450. The molecule has 1 aliphatic heterocycles. The second-order valence-electron chi connectivity index (χ2n) is 3.91. The molecule has 0 N–H and O–H groups in total. The zero-order valence-electron chi connectivity index (χ0n) is 9.19. The minimum Gasteiger partial charge on any atom is -0.353 e. The topological polar surface area (TPSA) is 31.4 Å². The van der Waals surface area contributed by atoms with Crippen molar-refractivity contribution >= 4 is 15.9 Å². The van der Waals surface area contributed by atoms with E-state index < -0.39 is 0 Å². The van der Waals surface area contributed by atoms with Crippen LogP contribution >= 0.6 is 15.9 Å². The minimum absolute atomic E-state index is 0.0113. The first-order valence-corrected chi connectivity index (χ1v) is 6.47. The molecule has 2 rings (SSSR count). The van der Waals surface area contributed by atoms with Crippen LogP contribution in [0, 0.1) is 0 Å². The molecule has 0 amide bonds. The smallest absolute Gasteiger partial charge is 0.157 e. The van der Waals surface area contributed by atoms with Crippen LogP contribution in [0.1, 0.15) is 24.8 Å². The lowest BCUT2D eigenvalue weighted by Crippen LogP contribution is -2.23. The fourth-order valence-corrected chi connectivity index (χ4v) is 1.94. The second-order valence-corrected chi connectivity index (χ2v) is 4.72. The summed E-state index contributed by atoms with van der Waals surface area (Å²) in [5.74, 6) is 0. The van der Waals surface area contributed by atoms with Gasteiger partial charge in [-0.25, -0.2) is 4.98 Å². The highest BCUT2D eigenvalue weighted by molar-refractivity contribution is 9.10. The number of halogens is 1. The lowest BCUT2D eigenvalue weighted by atomic mass is 10.2. The first-order valence-electron chi connectivity index (χ1n) is 5.68. The quantitative estimate of drug-likeness (QED) is 0.797. The summed E-state index contributed by atoms with van der Waals surface area (Å²) in [4.78, 5) is 4.17. The average molecular weight is 286 g/mol. The molecule has 3 nitrogen and oxygen atoms in total. The van der Waals surface area contributed by atoms with Gasteiger partial charge >= 0.3 is 0 Å². The van der Waals surface area contributed by atoms with Gasteiger partial charge in [-0.3, -0.25) is 0 Å². The average Bonchev–Trinajstić information content (AvgIpc) is 2.33. The van der Waals surface area contributed by atoms with Crippen LogP contribution in [0.3, 0.4) is 0 Å². The molecule has 0 bridgehead atoms. The van der Waals surface area contributed by atoms with Crippen molar-refractivity contribution in [2.24, 2.45) is 0 Å². The van der Waals surface area contributed by atoms with Crippen molar-refractivity contribution in [2.75, 3.05) is 13.2 Å². The molecule has 1 aromatic heterocycles. The molecule has 1 fully saturated rings. The predicted molar refractivity (Wildman–Crippen MR) is 65.2 cm³/mol. The van der Waals surface area contributed by atoms with Gasteiger partial charge in [0.15, 0.2) is 6.29 Å². The van der Waals surface area contributed by atoms with E-state index in [-0.39, 0.29) is 6.29 Å². The molecule has 1 saturated heterocycles. The van der Waals surface area contributed by atoms with Crippen molar-refractivity contribution in [3.8, 4) is 0 Å². The van der Waals surface area contributed by atoms with E-state index in [1.54, 1.807) is 0 Å². The molecule has 4 heteroatoms. The summed E-state index contributed by atoms with van der Waals surface area (Å²) >= 11 is 3.31. The van der Waals surface area contributed by atoms with Gasteiger partial charge in [0.2, 0.25) is 0 Å². The van der Waals surface area contributed by atoms with Gasteiger partial charge in [-0.2, -0.15) is 0 Å². The van der Waals surface area contributed by atoms with E-state index in [1.165, 1.54) is 12.0 Å². The molecule has 88 valence electrons. The second kappa shape index (κ2) is 6.33. The van der Waals surface area contributed by atoms with E-state index in [0.717, 1.165) is 30.5 Å². The molecule has 16 heavy (non-hydrogen) atoms. The van der Waals surface area contributed by atoms with E-state index in [9.17, 15) is 0 Å². The SMILES string of the molecule is Brc1ccc(CCOC2CCCCO2)cn1. The van der Waals surface area contributed by atoms with Gasteiger partial charge in [-0.15, -0.1) is 0 Å². The van der Waals surface area contributed by atoms with Gasteiger partial charge < -0.3 is 9.47 Å². The first kappa shape index (κ1) is 12.0. The third-order valence-electron chi connectivity index (χ3n) is 2.62. The van der Waals surface area contributed by atoms with Crippen LogP contribution in [-0.4, -0.2) is 24.5 Å². The van der Waals surface area contributed by atoms with Crippen molar-refractivity contribution in [1.29, 1.82) is 0 Å². The molecule has 0 aromatic carbocycles. The van der Waals surface area contributed by atoms with Crippen molar-refractivity contribution in [1.82, 2.24) is 4.98 Å². The zero-order valence-corrected chi connectivity index (χ0v) is 10.8. The third-order valence-corrected chi connectivity index (χ3v) is 3.09. The van der Waals surface area contributed by atoms with Gasteiger partial charge in [0.25, 0.3) is 0 Å². The molecular formula is C12H16BrNO2. The molecule has 1 aromatic rings. The fraction of sp³-hybridized carbons (Fsp3) is 0.583. The highest BCUT2D eigenvalue weighted by Crippen LogP contribution is 2.14. The van der Waals surface area contributed by atoms with Gasteiger partial charge in [0.05, 0.1) is 6.61 Å². The summed E-state index contributed by atoms with van der Waals surface area (Å²) in [6.45, 7) is 1.54. The Morgan fingerprint density at radius 2 is 2.38 bits per heavy atom. The van der Waals surface area contributed by atoms with Crippen LogP contribution in [0.2, 0.25) is 0 Å².